The van der Waals surface area contributed by atoms with Crippen LogP contribution in [0.2, 0.25) is 0 Å². The minimum absolute atomic E-state index is 0.0285. The van der Waals surface area contributed by atoms with Crippen molar-refractivity contribution in [1.82, 2.24) is 31.2 Å². The zero-order chi connectivity index (χ0) is 25.3. The number of amides is 3. The smallest absolute Gasteiger partial charge is 0.248 e. The molecular weight excluding hydrogens is 464 g/mol. The molecule has 0 radical (unpaired) electrons. The number of hydrogen-bond donors (Lipinski definition) is 8. The molecule has 186 valence electrons. The Balaban J connectivity index is 2.08. The third-order valence-corrected chi connectivity index (χ3v) is 5.87. The van der Waals surface area contributed by atoms with Crippen molar-refractivity contribution in [2.45, 2.75) is 31.0 Å². The minimum Gasteiger partial charge on any atom is -0.370 e. The van der Waals surface area contributed by atoms with Crippen LogP contribution in [0, 0.1) is 10.8 Å². The average Bonchev–Trinajstić information content (AvgIpc) is 3.33. The third-order valence-electron chi connectivity index (χ3n) is 5.08. The summed E-state index contributed by atoms with van der Waals surface area (Å²) in [5.41, 5.74) is 10.8. The summed E-state index contributed by atoms with van der Waals surface area (Å²) in [4.78, 5) is 55.8. The Kier molecular flexibility index (Phi) is 10.0. The predicted molar refractivity (Wildman–Crippen MR) is 126 cm³/mol. The molecule has 0 aromatic carbocycles. The second-order valence-corrected chi connectivity index (χ2v) is 8.43. The van der Waals surface area contributed by atoms with Gasteiger partial charge in [0.2, 0.25) is 23.5 Å². The number of nitrogens with zero attached hydrogens (tertiary/aromatic N) is 2. The lowest BCUT2D eigenvalue weighted by Crippen LogP contribution is -2.67. The second kappa shape index (κ2) is 12.7. The van der Waals surface area contributed by atoms with Gasteiger partial charge in [-0.2, -0.15) is 0 Å². The van der Waals surface area contributed by atoms with E-state index in [1.165, 1.54) is 13.2 Å². The Hall–Kier alpha value is -3.43. The van der Waals surface area contributed by atoms with E-state index in [9.17, 15) is 19.2 Å². The van der Waals surface area contributed by atoms with Crippen molar-refractivity contribution in [2.75, 3.05) is 33.2 Å². The maximum atomic E-state index is 12.9. The number of piperazine rings is 1. The number of ketones is 1. The van der Waals surface area contributed by atoms with Gasteiger partial charge in [-0.05, 0) is 19.9 Å². The van der Waals surface area contributed by atoms with Crippen molar-refractivity contribution in [2.24, 2.45) is 11.5 Å². The Bertz CT molecular complexity index is 922. The zero-order valence-corrected chi connectivity index (χ0v) is 19.5. The van der Waals surface area contributed by atoms with Gasteiger partial charge in [-0.1, -0.05) is 0 Å². The molecule has 1 aliphatic heterocycles. The highest BCUT2D eigenvalue weighted by Gasteiger charge is 2.39. The summed E-state index contributed by atoms with van der Waals surface area (Å²) < 4.78 is 0. The molecule has 0 saturated carbocycles. The van der Waals surface area contributed by atoms with Crippen LogP contribution >= 0.6 is 11.3 Å². The number of rotatable bonds is 13. The lowest BCUT2D eigenvalue weighted by Gasteiger charge is -2.36. The van der Waals surface area contributed by atoms with Gasteiger partial charge >= 0.3 is 0 Å². The fourth-order valence-corrected chi connectivity index (χ4v) is 4.09. The van der Waals surface area contributed by atoms with Crippen molar-refractivity contribution in [3.8, 4) is 0 Å². The first kappa shape index (κ1) is 26.8. The second-order valence-electron chi connectivity index (χ2n) is 7.54. The van der Waals surface area contributed by atoms with Crippen LogP contribution in [-0.2, 0) is 14.4 Å². The van der Waals surface area contributed by atoms with Crippen LogP contribution in [0.15, 0.2) is 11.6 Å². The molecule has 1 aromatic heterocycles. The van der Waals surface area contributed by atoms with Gasteiger partial charge in [-0.15, -0.1) is 11.3 Å². The molecule has 3 atom stereocenters. The maximum absolute atomic E-state index is 12.9. The number of nitrogens with one attached hydrogen (secondary N) is 6. The molecule has 1 aliphatic rings. The summed E-state index contributed by atoms with van der Waals surface area (Å²) in [6.07, 6.45) is 2.16. The number of nitrogens with two attached hydrogens (primary N) is 2. The van der Waals surface area contributed by atoms with E-state index >= 15 is 0 Å². The van der Waals surface area contributed by atoms with Crippen molar-refractivity contribution < 1.29 is 19.2 Å². The van der Waals surface area contributed by atoms with Crippen LogP contribution in [0.5, 0.6) is 0 Å². The van der Waals surface area contributed by atoms with Crippen LogP contribution in [0.1, 0.15) is 22.6 Å². The van der Waals surface area contributed by atoms with Gasteiger partial charge in [-0.25, -0.2) is 4.98 Å². The zero-order valence-electron chi connectivity index (χ0n) is 18.7. The largest absolute Gasteiger partial charge is 0.370 e. The molecule has 3 amide bonds. The van der Waals surface area contributed by atoms with E-state index in [1.807, 2.05) is 0 Å². The monoisotopic (exact) mass is 494 g/mol. The molecule has 0 aliphatic carbocycles. The van der Waals surface area contributed by atoms with Gasteiger partial charge in [0.15, 0.2) is 11.0 Å². The van der Waals surface area contributed by atoms with Gasteiger partial charge in [0.05, 0.1) is 12.1 Å². The van der Waals surface area contributed by atoms with Crippen molar-refractivity contribution in [3.63, 3.8) is 0 Å². The highest BCUT2D eigenvalue weighted by Crippen LogP contribution is 2.12. The average molecular weight is 495 g/mol. The normalized spacial score (nSPS) is 17.5. The number of hydrogen-bond acceptors (Lipinski definition) is 10. The predicted octanol–water partition coefficient (Wildman–Crippen LogP) is -3.03. The standard InChI is InChI=1S/C19H30N10O4S/c1-24-14(10(21)7-20)15-18(33)29(9-13(31)28-15)8-12(30)27-11(3-2-4-26-19(22)23)16(32)17-25-5-6-34-17/h5-6,11,14-15,21,24H,2-4,7-9,20H2,1H3,(H,27,30)(H,28,31)(H4,22,23,26)/t11?,14-,15+/m1/s1. The highest BCUT2D eigenvalue weighted by atomic mass is 32.1. The number of Topliss-reactive ketones (excluding diaryl/α,β-unsaturated/α-hetero) is 1. The Morgan fingerprint density at radius 2 is 2.12 bits per heavy atom. The summed E-state index contributed by atoms with van der Waals surface area (Å²) >= 11 is 1.14. The molecule has 2 heterocycles. The van der Waals surface area contributed by atoms with E-state index in [1.54, 1.807) is 5.38 Å². The van der Waals surface area contributed by atoms with E-state index in [-0.39, 0.29) is 42.0 Å². The van der Waals surface area contributed by atoms with E-state index in [2.05, 4.69) is 26.3 Å². The molecule has 0 spiro atoms. The van der Waals surface area contributed by atoms with Gasteiger partial charge < -0.3 is 43.0 Å². The van der Waals surface area contributed by atoms with Crippen molar-refractivity contribution >= 4 is 46.5 Å². The molecule has 1 saturated heterocycles. The first-order chi connectivity index (χ1) is 16.2. The molecule has 2 rings (SSSR count). The van der Waals surface area contributed by atoms with Crippen LogP contribution in [0.3, 0.4) is 0 Å². The van der Waals surface area contributed by atoms with Crippen molar-refractivity contribution in [3.05, 3.63) is 16.6 Å². The number of guanidine groups is 1. The number of likely N-dealkylation sites (N-methyl/N-ethyl adjacent to an activating group) is 1. The Labute approximate surface area is 200 Å². The molecular formula is C19H30N10O4S. The molecule has 34 heavy (non-hydrogen) atoms. The summed E-state index contributed by atoms with van der Waals surface area (Å²) in [6, 6.07) is -2.81. The SMILES string of the molecule is CN[C@H](C(=N)CN)[C@@H]1NC(=O)CN(CC(=O)NC(CCCNC(=N)N)C(=O)c2nccs2)C1=O. The fourth-order valence-electron chi connectivity index (χ4n) is 3.46. The van der Waals surface area contributed by atoms with Gasteiger partial charge in [0.25, 0.3) is 0 Å². The van der Waals surface area contributed by atoms with E-state index in [0.29, 0.717) is 13.0 Å². The first-order valence-corrected chi connectivity index (χ1v) is 11.4. The van der Waals surface area contributed by atoms with Crippen molar-refractivity contribution in [1.29, 1.82) is 10.8 Å². The van der Waals surface area contributed by atoms with Gasteiger partial charge in [-0.3, -0.25) is 24.6 Å². The molecule has 1 unspecified atom stereocenters. The first-order valence-electron chi connectivity index (χ1n) is 10.5. The van der Waals surface area contributed by atoms with E-state index in [4.69, 9.17) is 22.3 Å². The Morgan fingerprint density at radius 3 is 2.71 bits per heavy atom. The van der Waals surface area contributed by atoms with Crippen LogP contribution in [-0.4, -0.2) is 96.4 Å². The molecule has 1 fully saturated rings. The van der Waals surface area contributed by atoms with Crippen LogP contribution < -0.4 is 32.7 Å². The molecule has 10 N–H and O–H groups in total. The number of thiazole rings is 1. The summed E-state index contributed by atoms with van der Waals surface area (Å²) in [7, 11) is 1.54. The molecule has 15 heteroatoms. The van der Waals surface area contributed by atoms with E-state index in [0.717, 1.165) is 16.2 Å². The van der Waals surface area contributed by atoms with Gasteiger partial charge in [0.1, 0.15) is 19.1 Å². The topological polar surface area (TPSA) is 232 Å². The van der Waals surface area contributed by atoms with Crippen LogP contribution in [0.25, 0.3) is 0 Å². The summed E-state index contributed by atoms with van der Waals surface area (Å²) in [5.74, 6) is -2.22. The Morgan fingerprint density at radius 1 is 1.38 bits per heavy atom. The lowest BCUT2D eigenvalue weighted by molar-refractivity contribution is -0.146. The summed E-state index contributed by atoms with van der Waals surface area (Å²) in [6.45, 7) is -0.548. The van der Waals surface area contributed by atoms with Crippen LogP contribution in [0.4, 0.5) is 0 Å². The maximum Gasteiger partial charge on any atom is 0.248 e. The molecule has 14 nitrogen and oxygen atoms in total. The van der Waals surface area contributed by atoms with Gasteiger partial charge in [0, 0.05) is 30.4 Å². The fraction of sp³-hybridized carbons (Fsp3) is 0.526. The number of carbonyl (C=O) groups excluding carboxylic acids is 4. The minimum atomic E-state index is -1.08. The highest BCUT2D eigenvalue weighted by molar-refractivity contribution is 7.11. The lowest BCUT2D eigenvalue weighted by atomic mass is 9.99. The number of aromatic nitrogens is 1. The quantitative estimate of drug-likeness (QED) is 0.0602. The third kappa shape index (κ3) is 7.29. The van der Waals surface area contributed by atoms with E-state index < -0.39 is 42.4 Å². The summed E-state index contributed by atoms with van der Waals surface area (Å²) in [5, 5.41) is 27.6. The number of carbonyl (C=O) groups is 4. The molecule has 0 bridgehead atoms. The molecule has 1 aromatic rings.